The van der Waals surface area contributed by atoms with Crippen LogP contribution < -0.4 is 5.73 Å². The molecule has 15 heavy (non-hydrogen) atoms. The Hall–Kier alpha value is -0.0100. The Labute approximate surface area is 102 Å². The van der Waals surface area contributed by atoms with Crippen LogP contribution >= 0.6 is 27.3 Å². The normalized spacial score (nSPS) is 23.2. The molecule has 1 aliphatic heterocycles. The zero-order valence-electron chi connectivity index (χ0n) is 8.36. The number of thiazole rings is 1. The molecule has 0 saturated carbocycles. The molecule has 84 valence electrons. The van der Waals surface area contributed by atoms with Gasteiger partial charge < -0.3 is 10.5 Å². The lowest BCUT2D eigenvalue weighted by atomic mass is 10.3. The molecule has 0 amide bonds. The summed E-state index contributed by atoms with van der Waals surface area (Å²) < 4.78 is 6.59. The Bertz CT molecular complexity index is 320. The lowest BCUT2D eigenvalue weighted by Gasteiger charge is -2.31. The molecule has 1 fully saturated rings. The van der Waals surface area contributed by atoms with E-state index in [-0.39, 0.29) is 6.10 Å². The van der Waals surface area contributed by atoms with Gasteiger partial charge >= 0.3 is 0 Å². The van der Waals surface area contributed by atoms with E-state index in [2.05, 4.69) is 25.8 Å². The van der Waals surface area contributed by atoms with E-state index < -0.39 is 0 Å². The van der Waals surface area contributed by atoms with Crippen molar-refractivity contribution in [2.75, 3.05) is 26.2 Å². The minimum absolute atomic E-state index is 0.183. The molecule has 1 aromatic heterocycles. The molecule has 1 saturated heterocycles. The minimum atomic E-state index is 0.183. The molecule has 0 aromatic carbocycles. The van der Waals surface area contributed by atoms with E-state index in [9.17, 15) is 0 Å². The van der Waals surface area contributed by atoms with E-state index in [1.807, 2.05) is 6.20 Å². The molecule has 1 unspecified atom stereocenters. The van der Waals surface area contributed by atoms with Gasteiger partial charge in [-0.15, -0.1) is 11.3 Å². The summed E-state index contributed by atoms with van der Waals surface area (Å²) in [7, 11) is 0. The molecule has 2 heterocycles. The van der Waals surface area contributed by atoms with Gasteiger partial charge in [0.25, 0.3) is 0 Å². The van der Waals surface area contributed by atoms with Crippen LogP contribution in [-0.2, 0) is 11.3 Å². The molecular formula is C9H14BrN3OS. The van der Waals surface area contributed by atoms with Crippen LogP contribution in [0, 0.1) is 0 Å². The van der Waals surface area contributed by atoms with Crippen LogP contribution in [0.1, 0.15) is 5.01 Å². The average Bonchev–Trinajstić information content (AvgIpc) is 2.64. The maximum atomic E-state index is 5.59. The van der Waals surface area contributed by atoms with Gasteiger partial charge in [0.2, 0.25) is 0 Å². The van der Waals surface area contributed by atoms with Crippen molar-refractivity contribution in [1.82, 2.24) is 9.88 Å². The van der Waals surface area contributed by atoms with E-state index in [0.29, 0.717) is 6.54 Å². The summed E-state index contributed by atoms with van der Waals surface area (Å²) in [6, 6.07) is 0. The van der Waals surface area contributed by atoms with Crippen LogP contribution in [0.25, 0.3) is 0 Å². The maximum Gasteiger partial charge on any atom is 0.108 e. The Morgan fingerprint density at radius 3 is 3.27 bits per heavy atom. The second-order valence-corrected chi connectivity index (χ2v) is 6.02. The highest BCUT2D eigenvalue weighted by molar-refractivity contribution is 9.11. The van der Waals surface area contributed by atoms with E-state index in [1.54, 1.807) is 11.3 Å². The van der Waals surface area contributed by atoms with Gasteiger partial charge in [0, 0.05) is 19.6 Å². The van der Waals surface area contributed by atoms with Crippen molar-refractivity contribution in [2.45, 2.75) is 12.6 Å². The first kappa shape index (κ1) is 11.5. The van der Waals surface area contributed by atoms with E-state index in [0.717, 1.165) is 35.0 Å². The van der Waals surface area contributed by atoms with Crippen LogP contribution in [0.3, 0.4) is 0 Å². The number of ether oxygens (including phenoxy) is 1. The Balaban J connectivity index is 1.88. The molecule has 1 atom stereocenters. The Kier molecular flexibility index (Phi) is 4.10. The summed E-state index contributed by atoms with van der Waals surface area (Å²) in [6.07, 6.45) is 2.03. The van der Waals surface area contributed by atoms with E-state index >= 15 is 0 Å². The first-order valence-corrected chi connectivity index (χ1v) is 6.53. The van der Waals surface area contributed by atoms with Gasteiger partial charge in [0.05, 0.1) is 29.2 Å². The molecule has 1 aliphatic rings. The van der Waals surface area contributed by atoms with Crippen molar-refractivity contribution < 1.29 is 4.74 Å². The van der Waals surface area contributed by atoms with Crippen LogP contribution in [-0.4, -0.2) is 42.2 Å². The lowest BCUT2D eigenvalue weighted by Crippen LogP contribution is -2.45. The third kappa shape index (κ3) is 3.22. The summed E-state index contributed by atoms with van der Waals surface area (Å²) in [5.41, 5.74) is 5.59. The topological polar surface area (TPSA) is 51.4 Å². The predicted molar refractivity (Wildman–Crippen MR) is 63.9 cm³/mol. The molecular weight excluding hydrogens is 278 g/mol. The molecule has 1 aromatic rings. The SMILES string of the molecule is NCC1CN(Cc2ncc(Br)s2)CCO1. The van der Waals surface area contributed by atoms with Gasteiger partial charge in [-0.1, -0.05) is 0 Å². The van der Waals surface area contributed by atoms with Gasteiger partial charge in [0.15, 0.2) is 0 Å². The molecule has 6 heteroatoms. The van der Waals surface area contributed by atoms with E-state index in [1.165, 1.54) is 0 Å². The highest BCUT2D eigenvalue weighted by Gasteiger charge is 2.19. The van der Waals surface area contributed by atoms with Gasteiger partial charge in [-0.05, 0) is 15.9 Å². The predicted octanol–water partition coefficient (Wildman–Crippen LogP) is 1.07. The lowest BCUT2D eigenvalue weighted by molar-refractivity contribution is -0.0260. The number of nitrogens with two attached hydrogens (primary N) is 1. The quantitative estimate of drug-likeness (QED) is 0.905. The molecule has 0 radical (unpaired) electrons. The molecule has 0 aliphatic carbocycles. The Morgan fingerprint density at radius 1 is 1.73 bits per heavy atom. The largest absolute Gasteiger partial charge is 0.374 e. The smallest absolute Gasteiger partial charge is 0.108 e. The number of rotatable bonds is 3. The van der Waals surface area contributed by atoms with Crippen molar-refractivity contribution in [1.29, 1.82) is 0 Å². The van der Waals surface area contributed by atoms with E-state index in [4.69, 9.17) is 10.5 Å². The number of nitrogens with zero attached hydrogens (tertiary/aromatic N) is 2. The van der Waals surface area contributed by atoms with Crippen molar-refractivity contribution in [2.24, 2.45) is 5.73 Å². The fourth-order valence-corrected chi connectivity index (χ4v) is 2.96. The molecule has 2 rings (SSSR count). The van der Waals surface area contributed by atoms with Gasteiger partial charge in [0.1, 0.15) is 5.01 Å². The van der Waals surface area contributed by atoms with Gasteiger partial charge in [-0.3, -0.25) is 4.90 Å². The van der Waals surface area contributed by atoms with Crippen molar-refractivity contribution in [3.8, 4) is 0 Å². The Morgan fingerprint density at radius 2 is 2.60 bits per heavy atom. The number of halogens is 1. The van der Waals surface area contributed by atoms with Crippen molar-refractivity contribution in [3.63, 3.8) is 0 Å². The highest BCUT2D eigenvalue weighted by Crippen LogP contribution is 2.20. The zero-order chi connectivity index (χ0) is 10.7. The average molecular weight is 292 g/mol. The third-order valence-corrected chi connectivity index (χ3v) is 3.83. The van der Waals surface area contributed by atoms with Crippen LogP contribution in [0.2, 0.25) is 0 Å². The monoisotopic (exact) mass is 291 g/mol. The van der Waals surface area contributed by atoms with Crippen molar-refractivity contribution in [3.05, 3.63) is 15.0 Å². The van der Waals surface area contributed by atoms with Crippen LogP contribution in [0.5, 0.6) is 0 Å². The highest BCUT2D eigenvalue weighted by atomic mass is 79.9. The van der Waals surface area contributed by atoms with Crippen LogP contribution in [0.15, 0.2) is 9.98 Å². The number of aromatic nitrogens is 1. The summed E-state index contributed by atoms with van der Waals surface area (Å²) in [5, 5.41) is 1.14. The van der Waals surface area contributed by atoms with Crippen molar-refractivity contribution >= 4 is 27.3 Å². The first-order chi connectivity index (χ1) is 7.28. The fraction of sp³-hybridized carbons (Fsp3) is 0.667. The standard InChI is InChI=1S/C9H14BrN3OS/c10-8-4-12-9(15-8)6-13-1-2-14-7(3-11)5-13/h4,7H,1-3,5-6,11H2. The maximum absolute atomic E-state index is 5.59. The van der Waals surface area contributed by atoms with Gasteiger partial charge in [-0.25, -0.2) is 4.98 Å². The number of morpholine rings is 1. The minimum Gasteiger partial charge on any atom is -0.374 e. The second-order valence-electron chi connectivity index (χ2n) is 3.52. The molecule has 2 N–H and O–H groups in total. The molecule has 0 bridgehead atoms. The summed E-state index contributed by atoms with van der Waals surface area (Å²) in [6.45, 7) is 4.14. The summed E-state index contributed by atoms with van der Waals surface area (Å²) in [5.74, 6) is 0. The second kappa shape index (κ2) is 5.36. The molecule has 4 nitrogen and oxygen atoms in total. The first-order valence-electron chi connectivity index (χ1n) is 4.92. The summed E-state index contributed by atoms with van der Waals surface area (Å²) in [4.78, 5) is 6.66. The van der Waals surface area contributed by atoms with Crippen LogP contribution in [0.4, 0.5) is 0 Å². The summed E-state index contributed by atoms with van der Waals surface area (Å²) >= 11 is 5.10. The van der Waals surface area contributed by atoms with Gasteiger partial charge in [-0.2, -0.15) is 0 Å². The zero-order valence-corrected chi connectivity index (χ0v) is 10.8. The fourth-order valence-electron chi connectivity index (χ4n) is 1.62. The molecule has 0 spiro atoms. The number of hydrogen-bond acceptors (Lipinski definition) is 5. The third-order valence-electron chi connectivity index (χ3n) is 2.37. The number of hydrogen-bond donors (Lipinski definition) is 1.